The second kappa shape index (κ2) is 5.90. The molecule has 4 nitrogen and oxygen atoms in total. The highest BCUT2D eigenvalue weighted by molar-refractivity contribution is 6.35. The van der Waals surface area contributed by atoms with E-state index in [4.69, 9.17) is 28.5 Å². The van der Waals surface area contributed by atoms with Crippen molar-refractivity contribution in [2.24, 2.45) is 5.41 Å². The normalized spacial score (nSPS) is 17.4. The number of rotatable bonds is 1. The number of carbonyl (C=O) groups excluding carboxylic acids is 1. The lowest BCUT2D eigenvalue weighted by Crippen LogP contribution is -2.43. The number of carbonyl (C=O) groups is 1. The molecule has 1 aromatic rings. The van der Waals surface area contributed by atoms with Crippen LogP contribution in [0.25, 0.3) is 0 Å². The predicted octanol–water partition coefficient (Wildman–Crippen LogP) is 4.15. The van der Waals surface area contributed by atoms with Gasteiger partial charge in [0.05, 0.1) is 11.5 Å². The van der Waals surface area contributed by atoms with Gasteiger partial charge >= 0.3 is 6.03 Å². The maximum atomic E-state index is 12.1. The molecule has 1 fully saturated rings. The zero-order valence-electron chi connectivity index (χ0n) is 11.1. The highest BCUT2D eigenvalue weighted by Gasteiger charge is 2.31. The third-order valence-electron chi connectivity index (χ3n) is 3.54. The summed E-state index contributed by atoms with van der Waals surface area (Å²) in [6, 6.07) is 7.02. The quantitative estimate of drug-likeness (QED) is 0.847. The highest BCUT2D eigenvalue weighted by atomic mass is 35.5. The van der Waals surface area contributed by atoms with E-state index in [-0.39, 0.29) is 11.4 Å². The molecule has 0 radical (unpaired) electrons. The molecule has 2 amide bonds. The molecule has 0 saturated carbocycles. The molecule has 1 heterocycles. The number of benzene rings is 1. The Morgan fingerprint density at radius 1 is 1.30 bits per heavy atom. The van der Waals surface area contributed by atoms with Crippen molar-refractivity contribution in [1.29, 1.82) is 5.26 Å². The zero-order valence-corrected chi connectivity index (χ0v) is 12.6. The van der Waals surface area contributed by atoms with E-state index in [1.165, 1.54) is 0 Å². The SMILES string of the molecule is CC1(C#N)CCN(C(=O)Nc2cc(Cl)cc(Cl)c2)CC1. The fraction of sp³-hybridized carbons (Fsp3) is 0.429. The Kier molecular flexibility index (Phi) is 4.42. The number of nitrogens with zero attached hydrogens (tertiary/aromatic N) is 2. The molecule has 0 spiro atoms. The molecule has 106 valence electrons. The summed E-state index contributed by atoms with van der Waals surface area (Å²) in [4.78, 5) is 13.8. The fourth-order valence-electron chi connectivity index (χ4n) is 2.14. The molecule has 1 saturated heterocycles. The number of nitrogens with one attached hydrogen (secondary N) is 1. The minimum absolute atomic E-state index is 0.191. The Bertz CT molecular complexity index is 540. The molecule has 2 rings (SSSR count). The first-order chi connectivity index (χ1) is 9.42. The minimum Gasteiger partial charge on any atom is -0.324 e. The van der Waals surface area contributed by atoms with E-state index in [0.29, 0.717) is 41.7 Å². The van der Waals surface area contributed by atoms with Gasteiger partial charge in [-0.15, -0.1) is 0 Å². The first-order valence-corrected chi connectivity index (χ1v) is 7.11. The number of anilines is 1. The second-order valence-electron chi connectivity index (χ2n) is 5.25. The summed E-state index contributed by atoms with van der Waals surface area (Å²) in [5.41, 5.74) is 0.247. The minimum atomic E-state index is -0.323. The van der Waals surface area contributed by atoms with Crippen molar-refractivity contribution >= 4 is 34.9 Å². The number of likely N-dealkylation sites (tertiary alicyclic amines) is 1. The molecular formula is C14H15Cl2N3O. The predicted molar refractivity (Wildman–Crippen MR) is 80.0 cm³/mol. The summed E-state index contributed by atoms with van der Waals surface area (Å²) in [5.74, 6) is 0. The van der Waals surface area contributed by atoms with E-state index in [1.807, 2.05) is 6.92 Å². The lowest BCUT2D eigenvalue weighted by atomic mass is 9.82. The molecule has 1 aromatic carbocycles. The lowest BCUT2D eigenvalue weighted by Gasteiger charge is -2.34. The number of nitriles is 1. The van der Waals surface area contributed by atoms with Crippen molar-refractivity contribution in [2.75, 3.05) is 18.4 Å². The number of piperidine rings is 1. The van der Waals surface area contributed by atoms with Gasteiger partial charge in [-0.2, -0.15) is 5.26 Å². The average molecular weight is 312 g/mol. The Morgan fingerprint density at radius 2 is 1.85 bits per heavy atom. The Hall–Kier alpha value is -1.44. The maximum absolute atomic E-state index is 12.1. The lowest BCUT2D eigenvalue weighted by molar-refractivity contribution is 0.166. The number of urea groups is 1. The van der Waals surface area contributed by atoms with Crippen LogP contribution in [-0.4, -0.2) is 24.0 Å². The van der Waals surface area contributed by atoms with Crippen LogP contribution < -0.4 is 5.32 Å². The number of hydrogen-bond donors (Lipinski definition) is 1. The van der Waals surface area contributed by atoms with Crippen LogP contribution in [0.2, 0.25) is 10.0 Å². The van der Waals surface area contributed by atoms with Gasteiger partial charge in [0.1, 0.15) is 0 Å². The van der Waals surface area contributed by atoms with Gasteiger partial charge in [0, 0.05) is 28.8 Å². The van der Waals surface area contributed by atoms with E-state index in [1.54, 1.807) is 23.1 Å². The summed E-state index contributed by atoms with van der Waals surface area (Å²) in [6.07, 6.45) is 1.38. The number of halogens is 2. The summed E-state index contributed by atoms with van der Waals surface area (Å²) in [5, 5.41) is 12.8. The highest BCUT2D eigenvalue weighted by Crippen LogP contribution is 2.30. The van der Waals surface area contributed by atoms with Gasteiger partial charge < -0.3 is 10.2 Å². The molecular weight excluding hydrogens is 297 g/mol. The third-order valence-corrected chi connectivity index (χ3v) is 3.97. The van der Waals surface area contributed by atoms with Gasteiger partial charge in [0.25, 0.3) is 0 Å². The fourth-order valence-corrected chi connectivity index (χ4v) is 2.67. The smallest absolute Gasteiger partial charge is 0.321 e. The van der Waals surface area contributed by atoms with Crippen LogP contribution in [0.4, 0.5) is 10.5 Å². The van der Waals surface area contributed by atoms with Gasteiger partial charge in [0.15, 0.2) is 0 Å². The van der Waals surface area contributed by atoms with Gasteiger partial charge in [-0.25, -0.2) is 4.79 Å². The third kappa shape index (κ3) is 3.56. The van der Waals surface area contributed by atoms with Crippen LogP contribution >= 0.6 is 23.2 Å². The first kappa shape index (κ1) is 15.0. The molecule has 6 heteroatoms. The molecule has 0 aliphatic carbocycles. The molecule has 20 heavy (non-hydrogen) atoms. The largest absolute Gasteiger partial charge is 0.324 e. The summed E-state index contributed by atoms with van der Waals surface area (Å²) < 4.78 is 0. The Morgan fingerprint density at radius 3 is 2.35 bits per heavy atom. The standard InChI is InChI=1S/C14H15Cl2N3O/c1-14(9-17)2-4-19(5-3-14)13(20)18-12-7-10(15)6-11(16)8-12/h6-8H,2-5H2,1H3,(H,18,20). The summed E-state index contributed by atoms with van der Waals surface area (Å²) in [6.45, 7) is 3.08. The van der Waals surface area contributed by atoms with Crippen molar-refractivity contribution in [3.63, 3.8) is 0 Å². The first-order valence-electron chi connectivity index (χ1n) is 6.35. The number of hydrogen-bond acceptors (Lipinski definition) is 2. The van der Waals surface area contributed by atoms with Crippen LogP contribution in [0, 0.1) is 16.7 Å². The maximum Gasteiger partial charge on any atom is 0.321 e. The van der Waals surface area contributed by atoms with Crippen LogP contribution in [0.15, 0.2) is 18.2 Å². The monoisotopic (exact) mass is 311 g/mol. The molecule has 0 unspecified atom stereocenters. The molecule has 0 atom stereocenters. The topological polar surface area (TPSA) is 56.1 Å². The van der Waals surface area contributed by atoms with E-state index in [9.17, 15) is 4.79 Å². The molecule has 0 aromatic heterocycles. The van der Waals surface area contributed by atoms with E-state index >= 15 is 0 Å². The average Bonchev–Trinajstić information content (AvgIpc) is 2.38. The molecule has 0 bridgehead atoms. The van der Waals surface area contributed by atoms with Crippen LogP contribution in [0.5, 0.6) is 0 Å². The Balaban J connectivity index is 1.98. The van der Waals surface area contributed by atoms with Gasteiger partial charge in [-0.05, 0) is 38.0 Å². The van der Waals surface area contributed by atoms with Crippen molar-refractivity contribution < 1.29 is 4.79 Å². The van der Waals surface area contributed by atoms with E-state index < -0.39 is 0 Å². The van der Waals surface area contributed by atoms with Crippen LogP contribution in [0.3, 0.4) is 0 Å². The summed E-state index contributed by atoms with van der Waals surface area (Å²) in [7, 11) is 0. The van der Waals surface area contributed by atoms with E-state index in [0.717, 1.165) is 0 Å². The van der Waals surface area contributed by atoms with Crippen LogP contribution in [0.1, 0.15) is 19.8 Å². The van der Waals surface area contributed by atoms with Gasteiger partial charge in [-0.1, -0.05) is 23.2 Å². The molecule has 1 aliphatic heterocycles. The van der Waals surface area contributed by atoms with Crippen molar-refractivity contribution in [3.05, 3.63) is 28.2 Å². The van der Waals surface area contributed by atoms with E-state index in [2.05, 4.69) is 11.4 Å². The van der Waals surface area contributed by atoms with Crippen molar-refractivity contribution in [3.8, 4) is 6.07 Å². The number of amides is 2. The zero-order chi connectivity index (χ0) is 14.8. The Labute approximate surface area is 128 Å². The van der Waals surface area contributed by atoms with Gasteiger partial charge in [-0.3, -0.25) is 0 Å². The van der Waals surface area contributed by atoms with Crippen molar-refractivity contribution in [1.82, 2.24) is 4.90 Å². The second-order valence-corrected chi connectivity index (χ2v) is 6.12. The van der Waals surface area contributed by atoms with Crippen LogP contribution in [-0.2, 0) is 0 Å². The molecule has 1 N–H and O–H groups in total. The summed E-state index contributed by atoms with van der Waals surface area (Å²) >= 11 is 11.8. The van der Waals surface area contributed by atoms with Crippen molar-refractivity contribution in [2.45, 2.75) is 19.8 Å². The van der Waals surface area contributed by atoms with Gasteiger partial charge in [0.2, 0.25) is 0 Å². The molecule has 1 aliphatic rings.